The lowest BCUT2D eigenvalue weighted by molar-refractivity contribution is -0.0213. The second-order valence-corrected chi connectivity index (χ2v) is 6.84. The molecule has 4 heterocycles. The van der Waals surface area contributed by atoms with Gasteiger partial charge < -0.3 is 20.1 Å². The number of fused-ring (bicyclic) bond motifs is 1. The Kier molecular flexibility index (Phi) is 3.87. The van der Waals surface area contributed by atoms with E-state index < -0.39 is 5.60 Å². The van der Waals surface area contributed by atoms with Gasteiger partial charge >= 0.3 is 0 Å². The molecule has 7 heteroatoms. The van der Waals surface area contributed by atoms with E-state index in [1.807, 2.05) is 12.1 Å². The van der Waals surface area contributed by atoms with E-state index in [9.17, 15) is 5.11 Å². The molecule has 1 aliphatic rings. The fraction of sp³-hybridized carbons (Fsp3) is 0.316. The SMILES string of the molecule is CC(C)(O)C#Cc1cc2c(-c3ccnc(N)n3)cn(C3COC3)c2cn1. The number of rotatable bonds is 2. The molecule has 0 radical (unpaired) electrons. The fourth-order valence-electron chi connectivity index (χ4n) is 2.85. The molecule has 1 fully saturated rings. The first kappa shape index (κ1) is 16.5. The first-order chi connectivity index (χ1) is 12.4. The number of aromatic nitrogens is 4. The number of nitrogens with two attached hydrogens (primary N) is 1. The molecular weight excluding hydrogens is 330 g/mol. The molecule has 7 nitrogen and oxygen atoms in total. The highest BCUT2D eigenvalue weighted by Gasteiger charge is 2.24. The van der Waals surface area contributed by atoms with Crippen LogP contribution in [0.15, 0.2) is 30.7 Å². The molecule has 3 N–H and O–H groups in total. The van der Waals surface area contributed by atoms with Gasteiger partial charge in [-0.2, -0.15) is 0 Å². The first-order valence-electron chi connectivity index (χ1n) is 8.33. The van der Waals surface area contributed by atoms with E-state index in [4.69, 9.17) is 10.5 Å². The van der Waals surface area contributed by atoms with E-state index in [0.29, 0.717) is 18.9 Å². The van der Waals surface area contributed by atoms with Crippen molar-refractivity contribution in [2.45, 2.75) is 25.5 Å². The van der Waals surface area contributed by atoms with Crippen LogP contribution in [0.2, 0.25) is 0 Å². The average molecular weight is 349 g/mol. The van der Waals surface area contributed by atoms with E-state index in [1.54, 1.807) is 26.2 Å². The quantitative estimate of drug-likeness (QED) is 0.684. The molecule has 0 saturated carbocycles. The molecule has 1 aliphatic heterocycles. The number of ether oxygens (including phenoxy) is 1. The van der Waals surface area contributed by atoms with Crippen molar-refractivity contribution in [1.82, 2.24) is 19.5 Å². The molecule has 0 amide bonds. The van der Waals surface area contributed by atoms with Gasteiger partial charge in [-0.3, -0.25) is 0 Å². The Labute approximate surface area is 150 Å². The molecule has 0 aromatic carbocycles. The highest BCUT2D eigenvalue weighted by atomic mass is 16.5. The highest BCUT2D eigenvalue weighted by Crippen LogP contribution is 2.33. The summed E-state index contributed by atoms with van der Waals surface area (Å²) in [7, 11) is 0. The fourth-order valence-corrected chi connectivity index (χ4v) is 2.85. The van der Waals surface area contributed by atoms with Crippen LogP contribution in [0, 0.1) is 11.8 Å². The summed E-state index contributed by atoms with van der Waals surface area (Å²) in [6, 6.07) is 4.02. The zero-order valence-corrected chi connectivity index (χ0v) is 14.6. The van der Waals surface area contributed by atoms with Crippen molar-refractivity contribution >= 4 is 16.9 Å². The third-order valence-corrected chi connectivity index (χ3v) is 4.18. The lowest BCUT2D eigenvalue weighted by atomic mass is 10.1. The maximum Gasteiger partial charge on any atom is 0.220 e. The zero-order chi connectivity index (χ0) is 18.3. The number of nitrogens with zero attached hydrogens (tertiary/aromatic N) is 4. The summed E-state index contributed by atoms with van der Waals surface area (Å²) in [5.41, 5.74) is 7.94. The van der Waals surface area contributed by atoms with Crippen LogP contribution in [-0.4, -0.2) is 43.4 Å². The Morgan fingerprint density at radius 1 is 1.35 bits per heavy atom. The topological polar surface area (TPSA) is 99.1 Å². The normalized spacial score (nSPS) is 14.7. The van der Waals surface area contributed by atoms with Gasteiger partial charge in [-0.1, -0.05) is 5.92 Å². The molecule has 0 unspecified atom stereocenters. The highest BCUT2D eigenvalue weighted by molar-refractivity contribution is 5.95. The Balaban J connectivity index is 1.89. The average Bonchev–Trinajstić information content (AvgIpc) is 2.89. The molecule has 1 saturated heterocycles. The maximum absolute atomic E-state index is 9.82. The van der Waals surface area contributed by atoms with Crippen LogP contribution in [-0.2, 0) is 4.74 Å². The summed E-state index contributed by atoms with van der Waals surface area (Å²) < 4.78 is 7.49. The van der Waals surface area contributed by atoms with Crippen LogP contribution >= 0.6 is 0 Å². The summed E-state index contributed by atoms with van der Waals surface area (Å²) in [5.74, 6) is 5.95. The van der Waals surface area contributed by atoms with Crippen LogP contribution < -0.4 is 5.73 Å². The Morgan fingerprint density at radius 2 is 2.15 bits per heavy atom. The van der Waals surface area contributed by atoms with Crippen molar-refractivity contribution in [3.63, 3.8) is 0 Å². The number of pyridine rings is 1. The van der Waals surface area contributed by atoms with Crippen molar-refractivity contribution in [3.05, 3.63) is 36.4 Å². The van der Waals surface area contributed by atoms with E-state index >= 15 is 0 Å². The van der Waals surface area contributed by atoms with Crippen LogP contribution in [0.25, 0.3) is 22.2 Å². The summed E-state index contributed by atoms with van der Waals surface area (Å²) in [6.07, 6.45) is 5.49. The summed E-state index contributed by atoms with van der Waals surface area (Å²) in [5, 5.41) is 10.8. The van der Waals surface area contributed by atoms with Gasteiger partial charge in [0.2, 0.25) is 5.95 Å². The molecule has 0 spiro atoms. The smallest absolute Gasteiger partial charge is 0.220 e. The van der Waals surface area contributed by atoms with Gasteiger partial charge in [0.1, 0.15) is 11.3 Å². The number of hydrogen-bond donors (Lipinski definition) is 2. The molecule has 0 aliphatic carbocycles. The Hall–Kier alpha value is -2.95. The monoisotopic (exact) mass is 349 g/mol. The standard InChI is InChI=1S/C19H19N5O2/c1-19(2,25)5-3-12-7-14-15(16-4-6-21-18(20)23-16)9-24(13-10-26-11-13)17(14)8-22-12/h4,6-9,13,25H,10-11H2,1-2H3,(H2,20,21,23). The molecule has 3 aromatic rings. The number of anilines is 1. The minimum atomic E-state index is -1.07. The van der Waals surface area contributed by atoms with E-state index in [2.05, 4.69) is 37.6 Å². The third-order valence-electron chi connectivity index (χ3n) is 4.18. The lowest BCUT2D eigenvalue weighted by Crippen LogP contribution is -2.30. The van der Waals surface area contributed by atoms with Crippen molar-refractivity contribution in [3.8, 4) is 23.1 Å². The largest absolute Gasteiger partial charge is 0.378 e. The second kappa shape index (κ2) is 6.09. The van der Waals surface area contributed by atoms with Gasteiger partial charge in [-0.25, -0.2) is 15.0 Å². The summed E-state index contributed by atoms with van der Waals surface area (Å²) in [6.45, 7) is 4.63. The zero-order valence-electron chi connectivity index (χ0n) is 14.6. The van der Waals surface area contributed by atoms with Crippen LogP contribution in [0.4, 0.5) is 5.95 Å². The van der Waals surface area contributed by atoms with Crippen LogP contribution in [0.3, 0.4) is 0 Å². The van der Waals surface area contributed by atoms with Gasteiger partial charge in [0, 0.05) is 23.3 Å². The van der Waals surface area contributed by atoms with Crippen molar-refractivity contribution in [1.29, 1.82) is 0 Å². The predicted octanol–water partition coefficient (Wildman–Crippen LogP) is 1.77. The van der Waals surface area contributed by atoms with Gasteiger partial charge in [0.05, 0.1) is 36.7 Å². The molecule has 4 rings (SSSR count). The molecular formula is C19H19N5O2. The molecule has 26 heavy (non-hydrogen) atoms. The number of hydrogen-bond acceptors (Lipinski definition) is 6. The van der Waals surface area contributed by atoms with Gasteiger partial charge in [-0.05, 0) is 31.9 Å². The van der Waals surface area contributed by atoms with Crippen LogP contribution in [0.1, 0.15) is 25.6 Å². The first-order valence-corrected chi connectivity index (χ1v) is 8.33. The molecule has 0 bridgehead atoms. The third kappa shape index (κ3) is 3.12. The van der Waals surface area contributed by atoms with Crippen LogP contribution in [0.5, 0.6) is 0 Å². The van der Waals surface area contributed by atoms with Gasteiger partial charge in [0.25, 0.3) is 0 Å². The molecule has 3 aromatic heterocycles. The Bertz CT molecular complexity index is 1040. The maximum atomic E-state index is 9.82. The summed E-state index contributed by atoms with van der Waals surface area (Å²) >= 11 is 0. The Morgan fingerprint density at radius 3 is 2.81 bits per heavy atom. The van der Waals surface area contributed by atoms with Crippen molar-refractivity contribution < 1.29 is 9.84 Å². The molecule has 132 valence electrons. The van der Waals surface area contributed by atoms with Gasteiger partial charge in [0.15, 0.2) is 0 Å². The van der Waals surface area contributed by atoms with Crippen molar-refractivity contribution in [2.24, 2.45) is 0 Å². The van der Waals surface area contributed by atoms with Gasteiger partial charge in [-0.15, -0.1) is 0 Å². The van der Waals surface area contributed by atoms with E-state index in [0.717, 1.165) is 22.2 Å². The minimum Gasteiger partial charge on any atom is -0.378 e. The second-order valence-electron chi connectivity index (χ2n) is 6.84. The van der Waals surface area contributed by atoms with E-state index in [1.165, 1.54) is 0 Å². The van der Waals surface area contributed by atoms with E-state index in [-0.39, 0.29) is 12.0 Å². The lowest BCUT2D eigenvalue weighted by Gasteiger charge is -2.28. The molecule has 0 atom stereocenters. The van der Waals surface area contributed by atoms with Crippen molar-refractivity contribution in [2.75, 3.05) is 18.9 Å². The number of nitrogen functional groups attached to an aromatic ring is 1. The number of aliphatic hydroxyl groups is 1. The summed E-state index contributed by atoms with van der Waals surface area (Å²) in [4.78, 5) is 12.7. The predicted molar refractivity (Wildman–Crippen MR) is 98.2 cm³/mol. The minimum absolute atomic E-state index is 0.228.